The highest BCUT2D eigenvalue weighted by atomic mass is 16.6. The summed E-state index contributed by atoms with van der Waals surface area (Å²) in [7, 11) is 0. The van der Waals surface area contributed by atoms with Gasteiger partial charge in [-0.2, -0.15) is 0 Å². The van der Waals surface area contributed by atoms with Crippen LogP contribution >= 0.6 is 0 Å². The number of rotatable bonds is 7. The van der Waals surface area contributed by atoms with Crippen LogP contribution in [0.15, 0.2) is 48.5 Å². The maximum absolute atomic E-state index is 12.8. The molecule has 1 heterocycles. The monoisotopic (exact) mass is 502 g/mol. The lowest BCUT2D eigenvalue weighted by molar-refractivity contribution is -0.384. The van der Waals surface area contributed by atoms with Gasteiger partial charge in [-0.05, 0) is 86.3 Å². The molecule has 1 saturated heterocycles. The van der Waals surface area contributed by atoms with Crippen LogP contribution in [0.1, 0.15) is 51.0 Å². The smallest absolute Gasteiger partial charge is 0.292 e. The Hall–Kier alpha value is -3.09. The van der Waals surface area contributed by atoms with E-state index in [9.17, 15) is 14.9 Å². The lowest BCUT2D eigenvalue weighted by Gasteiger charge is -2.59. The van der Waals surface area contributed by atoms with Crippen molar-refractivity contribution in [2.45, 2.75) is 57.9 Å². The van der Waals surface area contributed by atoms with Gasteiger partial charge < -0.3 is 15.1 Å². The van der Waals surface area contributed by atoms with Crippen molar-refractivity contribution in [1.82, 2.24) is 4.90 Å². The average molecular weight is 503 g/mol. The van der Waals surface area contributed by atoms with Gasteiger partial charge in [0.05, 0.1) is 11.3 Å². The van der Waals surface area contributed by atoms with Crippen LogP contribution in [-0.4, -0.2) is 48.0 Å². The van der Waals surface area contributed by atoms with Gasteiger partial charge in [0.25, 0.3) is 5.69 Å². The van der Waals surface area contributed by atoms with Gasteiger partial charge >= 0.3 is 0 Å². The van der Waals surface area contributed by atoms with Crippen molar-refractivity contribution in [3.05, 3.63) is 64.2 Å². The van der Waals surface area contributed by atoms with E-state index in [0.29, 0.717) is 25.2 Å². The van der Waals surface area contributed by atoms with Crippen LogP contribution in [0.2, 0.25) is 0 Å². The molecule has 1 aliphatic heterocycles. The second-order valence-electron chi connectivity index (χ2n) is 12.1. The van der Waals surface area contributed by atoms with Crippen LogP contribution in [0.5, 0.6) is 0 Å². The number of carbonyl (C=O) groups is 1. The minimum atomic E-state index is -0.265. The Morgan fingerprint density at radius 1 is 1.00 bits per heavy atom. The topological polar surface area (TPSA) is 78.7 Å². The first kappa shape index (κ1) is 24.3. The van der Waals surface area contributed by atoms with E-state index >= 15 is 0 Å². The number of nitrogens with zero attached hydrogens (tertiary/aromatic N) is 3. The number of nitro benzene ring substituents is 1. The summed E-state index contributed by atoms with van der Waals surface area (Å²) in [4.78, 5) is 28.6. The molecule has 4 aliphatic carbocycles. The van der Waals surface area contributed by atoms with Crippen LogP contribution in [0.3, 0.4) is 0 Å². The van der Waals surface area contributed by atoms with E-state index in [-0.39, 0.29) is 28.0 Å². The van der Waals surface area contributed by atoms with Gasteiger partial charge in [0.15, 0.2) is 0 Å². The highest BCUT2D eigenvalue weighted by Gasteiger charge is 2.53. The number of nitrogens with one attached hydrogen (secondary N) is 1. The number of carbonyl (C=O) groups excluding carboxylic acids is 1. The molecule has 5 aliphatic rings. The van der Waals surface area contributed by atoms with E-state index in [0.717, 1.165) is 42.1 Å². The molecule has 2 aromatic carbocycles. The van der Waals surface area contributed by atoms with Crippen molar-refractivity contribution >= 4 is 23.0 Å². The third-order valence-electron chi connectivity index (χ3n) is 9.75. The number of nitro groups is 1. The van der Waals surface area contributed by atoms with Crippen LogP contribution in [0.4, 0.5) is 17.1 Å². The molecule has 37 heavy (non-hydrogen) atoms. The number of hydrogen-bond acceptors (Lipinski definition) is 5. The highest BCUT2D eigenvalue weighted by molar-refractivity contribution is 5.79. The number of hydrogen-bond donors (Lipinski definition) is 1. The van der Waals surface area contributed by atoms with Gasteiger partial charge in [-0.25, -0.2) is 0 Å². The SMILES string of the molecule is C[C@@H](Nc1cc(N2CCN(C(=O)Cc3ccccc3)CC2)ccc1[N+](=O)[O-])C12CC3CC(CC(C3)C1)C2. The van der Waals surface area contributed by atoms with Gasteiger partial charge in [-0.15, -0.1) is 0 Å². The average Bonchev–Trinajstić information content (AvgIpc) is 2.88. The minimum Gasteiger partial charge on any atom is -0.376 e. The summed E-state index contributed by atoms with van der Waals surface area (Å²) in [5.41, 5.74) is 3.07. The van der Waals surface area contributed by atoms with Crippen LogP contribution < -0.4 is 10.2 Å². The number of amides is 1. The summed E-state index contributed by atoms with van der Waals surface area (Å²) in [5, 5.41) is 15.6. The van der Waals surface area contributed by atoms with E-state index in [1.165, 1.54) is 38.5 Å². The summed E-state index contributed by atoms with van der Waals surface area (Å²) in [6.45, 7) is 5.02. The molecule has 7 rings (SSSR count). The number of anilines is 2. The van der Waals surface area contributed by atoms with Crippen LogP contribution in [0, 0.1) is 33.3 Å². The lowest BCUT2D eigenvalue weighted by Crippen LogP contribution is -2.53. The highest BCUT2D eigenvalue weighted by Crippen LogP contribution is 2.61. The Morgan fingerprint density at radius 2 is 1.62 bits per heavy atom. The normalized spacial score (nSPS) is 29.3. The second-order valence-corrected chi connectivity index (χ2v) is 12.1. The van der Waals surface area contributed by atoms with E-state index < -0.39 is 0 Å². The van der Waals surface area contributed by atoms with Crippen molar-refractivity contribution < 1.29 is 9.72 Å². The first-order chi connectivity index (χ1) is 17.9. The molecule has 1 amide bonds. The van der Waals surface area contributed by atoms with Gasteiger partial charge in [0.2, 0.25) is 5.91 Å². The zero-order valence-corrected chi connectivity index (χ0v) is 21.8. The molecular formula is C30H38N4O3. The van der Waals surface area contributed by atoms with Gasteiger partial charge in [0.1, 0.15) is 5.69 Å². The molecule has 0 unspecified atom stereocenters. The number of benzene rings is 2. The molecule has 2 aromatic rings. The van der Waals surface area contributed by atoms with Crippen LogP contribution in [0.25, 0.3) is 0 Å². The molecule has 1 N–H and O–H groups in total. The Balaban J connectivity index is 1.14. The zero-order chi connectivity index (χ0) is 25.6. The van der Waals surface area contributed by atoms with Crippen molar-refractivity contribution in [2.24, 2.45) is 23.2 Å². The fraction of sp³-hybridized carbons (Fsp3) is 0.567. The maximum Gasteiger partial charge on any atom is 0.292 e. The Kier molecular flexibility index (Phi) is 6.33. The molecule has 5 fully saturated rings. The Morgan fingerprint density at radius 3 is 2.22 bits per heavy atom. The predicted molar refractivity (Wildman–Crippen MR) is 146 cm³/mol. The quantitative estimate of drug-likeness (QED) is 0.399. The van der Waals surface area contributed by atoms with Crippen LogP contribution in [-0.2, 0) is 11.2 Å². The molecule has 7 nitrogen and oxygen atoms in total. The third kappa shape index (κ3) is 4.80. The molecule has 4 saturated carbocycles. The molecule has 1 atom stereocenters. The van der Waals surface area contributed by atoms with Gasteiger partial charge in [0, 0.05) is 44.0 Å². The first-order valence-electron chi connectivity index (χ1n) is 14.0. The van der Waals surface area contributed by atoms with Gasteiger partial charge in [-0.3, -0.25) is 14.9 Å². The fourth-order valence-electron chi connectivity index (χ4n) is 8.19. The molecular weight excluding hydrogens is 464 g/mol. The maximum atomic E-state index is 12.8. The van der Waals surface area contributed by atoms with Crippen molar-refractivity contribution in [2.75, 3.05) is 36.4 Å². The fourth-order valence-corrected chi connectivity index (χ4v) is 8.19. The van der Waals surface area contributed by atoms with E-state index in [1.807, 2.05) is 47.4 Å². The molecule has 0 radical (unpaired) electrons. The summed E-state index contributed by atoms with van der Waals surface area (Å²) >= 11 is 0. The van der Waals surface area contributed by atoms with Crippen molar-refractivity contribution in [1.29, 1.82) is 0 Å². The molecule has 0 aromatic heterocycles. The number of piperazine rings is 1. The van der Waals surface area contributed by atoms with E-state index in [2.05, 4.69) is 17.1 Å². The van der Waals surface area contributed by atoms with E-state index in [4.69, 9.17) is 0 Å². The van der Waals surface area contributed by atoms with Crippen molar-refractivity contribution in [3.63, 3.8) is 0 Å². The summed E-state index contributed by atoms with van der Waals surface area (Å²) in [5.74, 6) is 2.69. The Labute approximate surface area is 219 Å². The second kappa shape index (κ2) is 9.66. The minimum absolute atomic E-state index is 0.150. The zero-order valence-electron chi connectivity index (χ0n) is 21.8. The standard InChI is InChI=1S/C30H38N4O3/c1-21(30-18-23-13-24(19-30)15-25(14-23)20-30)31-27-17-26(7-8-28(27)34(36)37)32-9-11-33(12-10-32)29(35)16-22-5-3-2-4-6-22/h2-8,17,21,23-25,31H,9-16,18-20H2,1H3/t21-,23?,24?,25?,30?/m1/s1. The summed E-state index contributed by atoms with van der Waals surface area (Å²) in [6.07, 6.45) is 8.39. The third-order valence-corrected chi connectivity index (χ3v) is 9.75. The summed E-state index contributed by atoms with van der Waals surface area (Å²) in [6, 6.07) is 15.6. The van der Waals surface area contributed by atoms with Crippen molar-refractivity contribution in [3.8, 4) is 0 Å². The first-order valence-corrected chi connectivity index (χ1v) is 14.0. The Bertz CT molecular complexity index is 1120. The summed E-state index contributed by atoms with van der Waals surface area (Å²) < 4.78 is 0. The largest absolute Gasteiger partial charge is 0.376 e. The van der Waals surface area contributed by atoms with E-state index in [1.54, 1.807) is 6.07 Å². The predicted octanol–water partition coefficient (Wildman–Crippen LogP) is 5.50. The molecule has 4 bridgehead atoms. The molecule has 196 valence electrons. The molecule has 7 heteroatoms. The van der Waals surface area contributed by atoms with Gasteiger partial charge in [-0.1, -0.05) is 30.3 Å². The molecule has 0 spiro atoms. The lowest BCUT2D eigenvalue weighted by atomic mass is 9.48.